The molecule has 3 heteroatoms. The van der Waals surface area contributed by atoms with Crippen LogP contribution in [-0.4, -0.2) is 17.8 Å². The Hall–Kier alpha value is -1.22. The van der Waals surface area contributed by atoms with Gasteiger partial charge in [-0.05, 0) is 43.0 Å². The number of hydrogen-bond donors (Lipinski definition) is 3. The lowest BCUT2D eigenvalue weighted by Crippen LogP contribution is -2.27. The Kier molecular flexibility index (Phi) is 4.62. The van der Waals surface area contributed by atoms with E-state index >= 15 is 0 Å². The molecule has 0 aliphatic rings. The van der Waals surface area contributed by atoms with E-state index in [1.807, 2.05) is 25.1 Å². The summed E-state index contributed by atoms with van der Waals surface area (Å²) in [5.74, 6) is 0.490. The molecule has 4 N–H and O–H groups in total. The van der Waals surface area contributed by atoms with E-state index in [0.717, 1.165) is 23.4 Å². The Bertz CT molecular complexity index is 337. The van der Waals surface area contributed by atoms with Crippen molar-refractivity contribution in [1.29, 1.82) is 0 Å². The molecule has 0 saturated carbocycles. The number of aliphatic hydroxyl groups is 1. The summed E-state index contributed by atoms with van der Waals surface area (Å²) in [4.78, 5) is 0. The van der Waals surface area contributed by atoms with Gasteiger partial charge in [-0.1, -0.05) is 13.8 Å². The van der Waals surface area contributed by atoms with Gasteiger partial charge >= 0.3 is 0 Å². The minimum absolute atomic E-state index is 0.212. The van der Waals surface area contributed by atoms with E-state index in [2.05, 4.69) is 19.2 Å². The van der Waals surface area contributed by atoms with Crippen molar-refractivity contribution in [2.24, 2.45) is 5.92 Å². The predicted molar refractivity (Wildman–Crippen MR) is 69.5 cm³/mol. The normalized spacial score (nSPS) is 12.8. The number of nitrogens with two attached hydrogens (primary N) is 1. The molecule has 3 nitrogen and oxygen atoms in total. The summed E-state index contributed by atoms with van der Waals surface area (Å²) in [5, 5.41) is 12.5. The molecule has 0 radical (unpaired) electrons. The quantitative estimate of drug-likeness (QED) is 0.670. The highest BCUT2D eigenvalue weighted by atomic mass is 16.3. The molecule has 0 bridgehead atoms. The summed E-state index contributed by atoms with van der Waals surface area (Å²) in [6.45, 7) is 6.55. The van der Waals surface area contributed by atoms with Crippen molar-refractivity contribution in [2.45, 2.75) is 33.2 Å². The molecular formula is C13H22N2O. The fraction of sp³-hybridized carbons (Fsp3) is 0.538. The molecule has 1 rings (SSSR count). The number of aryl methyl sites for hydroxylation is 1. The summed E-state index contributed by atoms with van der Waals surface area (Å²) in [7, 11) is 0. The fourth-order valence-corrected chi connectivity index (χ4v) is 1.76. The van der Waals surface area contributed by atoms with Gasteiger partial charge in [0.2, 0.25) is 0 Å². The average Bonchev–Trinajstić information content (AvgIpc) is 2.20. The summed E-state index contributed by atoms with van der Waals surface area (Å²) >= 11 is 0. The first kappa shape index (κ1) is 12.8. The number of nitrogen functional groups attached to an aromatic ring is 1. The lowest BCUT2D eigenvalue weighted by molar-refractivity contribution is 0.267. The summed E-state index contributed by atoms with van der Waals surface area (Å²) in [5.41, 5.74) is 8.73. The molecule has 0 aliphatic heterocycles. The van der Waals surface area contributed by atoms with E-state index < -0.39 is 0 Å². The highest BCUT2D eigenvalue weighted by molar-refractivity contribution is 5.57. The first-order valence-electron chi connectivity index (χ1n) is 5.78. The topological polar surface area (TPSA) is 58.3 Å². The van der Waals surface area contributed by atoms with Gasteiger partial charge < -0.3 is 16.2 Å². The van der Waals surface area contributed by atoms with Gasteiger partial charge in [0, 0.05) is 24.0 Å². The van der Waals surface area contributed by atoms with Crippen molar-refractivity contribution < 1.29 is 5.11 Å². The SMILES string of the molecule is Cc1cc(N)ccc1NC(CCO)C(C)C. The maximum Gasteiger partial charge on any atom is 0.0450 e. The van der Waals surface area contributed by atoms with Crippen LogP contribution in [0.3, 0.4) is 0 Å². The van der Waals surface area contributed by atoms with Gasteiger partial charge in [-0.2, -0.15) is 0 Å². The first-order valence-corrected chi connectivity index (χ1v) is 5.78. The number of anilines is 2. The van der Waals surface area contributed by atoms with E-state index in [1.165, 1.54) is 0 Å². The van der Waals surface area contributed by atoms with Crippen molar-refractivity contribution in [1.82, 2.24) is 0 Å². The largest absolute Gasteiger partial charge is 0.399 e. The Morgan fingerprint density at radius 3 is 2.56 bits per heavy atom. The van der Waals surface area contributed by atoms with Crippen LogP contribution < -0.4 is 11.1 Å². The number of aliphatic hydroxyl groups excluding tert-OH is 1. The van der Waals surface area contributed by atoms with E-state index in [9.17, 15) is 0 Å². The second kappa shape index (κ2) is 5.75. The van der Waals surface area contributed by atoms with Gasteiger partial charge in [-0.3, -0.25) is 0 Å². The molecule has 16 heavy (non-hydrogen) atoms. The van der Waals surface area contributed by atoms with Crippen LogP contribution in [0.5, 0.6) is 0 Å². The highest BCUT2D eigenvalue weighted by Gasteiger charge is 2.13. The Morgan fingerprint density at radius 2 is 2.06 bits per heavy atom. The van der Waals surface area contributed by atoms with Crippen molar-refractivity contribution in [3.05, 3.63) is 23.8 Å². The molecule has 0 heterocycles. The van der Waals surface area contributed by atoms with Crippen molar-refractivity contribution in [2.75, 3.05) is 17.7 Å². The van der Waals surface area contributed by atoms with Crippen molar-refractivity contribution in [3.8, 4) is 0 Å². The van der Waals surface area contributed by atoms with Gasteiger partial charge in [0.15, 0.2) is 0 Å². The fourth-order valence-electron chi connectivity index (χ4n) is 1.76. The molecule has 1 atom stereocenters. The second-order valence-corrected chi connectivity index (χ2v) is 4.58. The third kappa shape index (κ3) is 3.42. The van der Waals surface area contributed by atoms with Gasteiger partial charge in [-0.15, -0.1) is 0 Å². The lowest BCUT2D eigenvalue weighted by Gasteiger charge is -2.24. The monoisotopic (exact) mass is 222 g/mol. The van der Waals surface area contributed by atoms with Crippen molar-refractivity contribution >= 4 is 11.4 Å². The Labute approximate surface area is 97.7 Å². The number of rotatable bonds is 5. The van der Waals surface area contributed by atoms with Gasteiger partial charge in [0.05, 0.1) is 0 Å². The molecule has 0 aromatic heterocycles. The maximum atomic E-state index is 9.02. The summed E-state index contributed by atoms with van der Waals surface area (Å²) < 4.78 is 0. The second-order valence-electron chi connectivity index (χ2n) is 4.58. The van der Waals surface area contributed by atoms with E-state index in [-0.39, 0.29) is 6.61 Å². The number of benzene rings is 1. The predicted octanol–water partition coefficient (Wildman–Crippen LogP) is 2.40. The zero-order valence-corrected chi connectivity index (χ0v) is 10.3. The zero-order chi connectivity index (χ0) is 12.1. The summed E-state index contributed by atoms with van der Waals surface area (Å²) in [6, 6.07) is 6.15. The molecule has 0 amide bonds. The number of hydrogen-bond acceptors (Lipinski definition) is 3. The Balaban J connectivity index is 2.77. The van der Waals surface area contributed by atoms with Crippen LogP contribution in [0.4, 0.5) is 11.4 Å². The lowest BCUT2D eigenvalue weighted by atomic mass is 10.0. The molecule has 1 unspecified atom stereocenters. The number of nitrogens with one attached hydrogen (secondary N) is 1. The molecule has 0 fully saturated rings. The smallest absolute Gasteiger partial charge is 0.0450 e. The van der Waals surface area contributed by atoms with Crippen LogP contribution in [0.25, 0.3) is 0 Å². The highest BCUT2D eigenvalue weighted by Crippen LogP contribution is 2.21. The third-order valence-electron chi connectivity index (χ3n) is 2.84. The molecular weight excluding hydrogens is 200 g/mol. The molecule has 0 spiro atoms. The van der Waals surface area contributed by atoms with Gasteiger partial charge in [0.25, 0.3) is 0 Å². The minimum Gasteiger partial charge on any atom is -0.399 e. The van der Waals surface area contributed by atoms with Crippen LogP contribution in [0.2, 0.25) is 0 Å². The maximum absolute atomic E-state index is 9.02. The van der Waals surface area contributed by atoms with Gasteiger partial charge in [-0.25, -0.2) is 0 Å². The van der Waals surface area contributed by atoms with E-state index in [4.69, 9.17) is 10.8 Å². The van der Waals surface area contributed by atoms with Crippen LogP contribution >= 0.6 is 0 Å². The molecule has 0 aliphatic carbocycles. The van der Waals surface area contributed by atoms with Crippen LogP contribution in [0.1, 0.15) is 25.8 Å². The Morgan fingerprint density at radius 1 is 1.38 bits per heavy atom. The van der Waals surface area contributed by atoms with E-state index in [0.29, 0.717) is 12.0 Å². The van der Waals surface area contributed by atoms with E-state index in [1.54, 1.807) is 0 Å². The van der Waals surface area contributed by atoms with Crippen LogP contribution in [0.15, 0.2) is 18.2 Å². The molecule has 1 aromatic rings. The zero-order valence-electron chi connectivity index (χ0n) is 10.3. The first-order chi connectivity index (χ1) is 7.54. The minimum atomic E-state index is 0.212. The third-order valence-corrected chi connectivity index (χ3v) is 2.84. The summed E-state index contributed by atoms with van der Waals surface area (Å²) in [6.07, 6.45) is 0.765. The molecule has 0 saturated heterocycles. The molecule has 90 valence electrons. The molecule has 1 aromatic carbocycles. The average molecular weight is 222 g/mol. The van der Waals surface area contributed by atoms with Crippen molar-refractivity contribution in [3.63, 3.8) is 0 Å². The van der Waals surface area contributed by atoms with Crippen LogP contribution in [0, 0.1) is 12.8 Å². The standard InChI is InChI=1S/C13H22N2O/c1-9(2)12(6-7-16)15-13-5-4-11(14)8-10(13)3/h4-5,8-9,12,15-16H,6-7,14H2,1-3H3. The van der Waals surface area contributed by atoms with Gasteiger partial charge in [0.1, 0.15) is 0 Å². The van der Waals surface area contributed by atoms with Crippen LogP contribution in [-0.2, 0) is 0 Å².